The van der Waals surface area contributed by atoms with Gasteiger partial charge in [-0.05, 0) is 11.6 Å². The third-order valence-electron chi connectivity index (χ3n) is 2.98. The molecule has 0 saturated heterocycles. The van der Waals surface area contributed by atoms with E-state index in [4.69, 9.17) is 4.74 Å². The van der Waals surface area contributed by atoms with Crippen LogP contribution in [0.5, 0.6) is 5.75 Å². The summed E-state index contributed by atoms with van der Waals surface area (Å²) in [6.45, 7) is 0. The molecular weight excluding hydrogens is 260 g/mol. The minimum atomic E-state index is -0.170. The van der Waals surface area contributed by atoms with Crippen LogP contribution in [-0.4, -0.2) is 0 Å². The number of para-hydroxylation sites is 1. The number of hydrogen-bond acceptors (Lipinski definition) is 3. The highest BCUT2D eigenvalue weighted by atomic mass is 32.1. The molecule has 0 N–H and O–H groups in total. The van der Waals surface area contributed by atoms with Gasteiger partial charge in [-0.1, -0.05) is 48.5 Å². The molecule has 1 aliphatic heterocycles. The van der Waals surface area contributed by atoms with Crippen LogP contribution in [0.4, 0.5) is 0 Å². The number of benzene rings is 2. The van der Waals surface area contributed by atoms with E-state index in [0.717, 1.165) is 26.7 Å². The molecule has 1 nitrogen and oxygen atoms in total. The van der Waals surface area contributed by atoms with E-state index in [1.807, 2.05) is 54.6 Å². The average Bonchev–Trinajstić information content (AvgIpc) is 2.44. The van der Waals surface area contributed by atoms with Gasteiger partial charge in [-0.3, -0.25) is 0 Å². The molecule has 0 saturated carbocycles. The zero-order valence-electron chi connectivity index (χ0n) is 9.58. The van der Waals surface area contributed by atoms with E-state index in [0.29, 0.717) is 0 Å². The van der Waals surface area contributed by atoms with Gasteiger partial charge in [0.1, 0.15) is 5.75 Å². The standard InChI is InChI=1S/C15H12OS2/c17-14-11-8-4-5-9-12(11)16-13(15(14)18)10-6-2-1-3-7-10/h1-9,13,17-18H. The lowest BCUT2D eigenvalue weighted by Crippen LogP contribution is -2.13. The van der Waals surface area contributed by atoms with Crippen LogP contribution >= 0.6 is 25.3 Å². The molecule has 0 aromatic heterocycles. The molecule has 3 rings (SSSR count). The minimum Gasteiger partial charge on any atom is -0.480 e. The van der Waals surface area contributed by atoms with Crippen LogP contribution < -0.4 is 4.74 Å². The van der Waals surface area contributed by atoms with Crippen molar-refractivity contribution in [1.82, 2.24) is 0 Å². The molecular formula is C15H12OS2. The summed E-state index contributed by atoms with van der Waals surface area (Å²) >= 11 is 9.13. The summed E-state index contributed by atoms with van der Waals surface area (Å²) in [7, 11) is 0. The van der Waals surface area contributed by atoms with Crippen molar-refractivity contribution in [2.45, 2.75) is 6.10 Å². The van der Waals surface area contributed by atoms with Crippen molar-refractivity contribution in [3.63, 3.8) is 0 Å². The number of ether oxygens (including phenoxy) is 1. The van der Waals surface area contributed by atoms with Crippen molar-refractivity contribution in [2.75, 3.05) is 0 Å². The van der Waals surface area contributed by atoms with Gasteiger partial charge >= 0.3 is 0 Å². The first-order valence-corrected chi connectivity index (χ1v) is 6.60. The van der Waals surface area contributed by atoms with Gasteiger partial charge in [0, 0.05) is 15.4 Å². The molecule has 3 heteroatoms. The fourth-order valence-corrected chi connectivity index (χ4v) is 2.69. The lowest BCUT2D eigenvalue weighted by molar-refractivity contribution is 0.248. The Morgan fingerprint density at radius 1 is 0.833 bits per heavy atom. The van der Waals surface area contributed by atoms with Crippen LogP contribution in [0.1, 0.15) is 17.2 Å². The Morgan fingerprint density at radius 2 is 1.50 bits per heavy atom. The normalized spacial score (nSPS) is 18.2. The van der Waals surface area contributed by atoms with E-state index in [1.54, 1.807) is 0 Å². The highest BCUT2D eigenvalue weighted by Gasteiger charge is 2.26. The first-order chi connectivity index (χ1) is 8.77. The van der Waals surface area contributed by atoms with Crippen LogP contribution in [0, 0.1) is 0 Å². The zero-order chi connectivity index (χ0) is 12.5. The Morgan fingerprint density at radius 3 is 2.28 bits per heavy atom. The molecule has 1 atom stereocenters. The lowest BCUT2D eigenvalue weighted by Gasteiger charge is -2.27. The highest BCUT2D eigenvalue weighted by molar-refractivity contribution is 7.93. The van der Waals surface area contributed by atoms with Gasteiger partial charge in [0.2, 0.25) is 0 Å². The second kappa shape index (κ2) is 4.75. The molecule has 2 aromatic carbocycles. The van der Waals surface area contributed by atoms with E-state index in [9.17, 15) is 0 Å². The van der Waals surface area contributed by atoms with Crippen molar-refractivity contribution >= 4 is 30.2 Å². The largest absolute Gasteiger partial charge is 0.480 e. The summed E-state index contributed by atoms with van der Waals surface area (Å²) in [5.41, 5.74) is 2.08. The number of fused-ring (bicyclic) bond motifs is 1. The highest BCUT2D eigenvalue weighted by Crippen LogP contribution is 2.44. The number of rotatable bonds is 1. The molecule has 0 fully saturated rings. The van der Waals surface area contributed by atoms with Gasteiger partial charge in [0.25, 0.3) is 0 Å². The summed E-state index contributed by atoms with van der Waals surface area (Å²) in [4.78, 5) is 1.73. The van der Waals surface area contributed by atoms with Crippen molar-refractivity contribution in [2.24, 2.45) is 0 Å². The van der Waals surface area contributed by atoms with E-state index in [1.165, 1.54) is 0 Å². The molecule has 0 spiro atoms. The predicted molar refractivity (Wildman–Crippen MR) is 81.1 cm³/mol. The predicted octanol–water partition coefficient (Wildman–Crippen LogP) is 4.35. The van der Waals surface area contributed by atoms with Gasteiger partial charge in [-0.15, -0.1) is 25.3 Å². The van der Waals surface area contributed by atoms with Gasteiger partial charge < -0.3 is 4.74 Å². The van der Waals surface area contributed by atoms with Crippen LogP contribution in [0.3, 0.4) is 0 Å². The summed E-state index contributed by atoms with van der Waals surface area (Å²) < 4.78 is 6.02. The van der Waals surface area contributed by atoms with Crippen LogP contribution in [-0.2, 0) is 0 Å². The van der Waals surface area contributed by atoms with Crippen LogP contribution in [0.25, 0.3) is 4.91 Å². The molecule has 2 aromatic rings. The first kappa shape index (κ1) is 11.8. The second-order valence-corrected chi connectivity index (χ2v) is 5.07. The van der Waals surface area contributed by atoms with Crippen molar-refractivity contribution < 1.29 is 4.74 Å². The molecule has 1 aliphatic rings. The van der Waals surface area contributed by atoms with Crippen molar-refractivity contribution in [3.8, 4) is 5.75 Å². The van der Waals surface area contributed by atoms with E-state index >= 15 is 0 Å². The Kier molecular flexibility index (Phi) is 3.10. The molecule has 18 heavy (non-hydrogen) atoms. The number of hydrogen-bond donors (Lipinski definition) is 2. The fourth-order valence-electron chi connectivity index (χ4n) is 2.06. The zero-order valence-corrected chi connectivity index (χ0v) is 11.4. The quantitative estimate of drug-likeness (QED) is 0.734. The molecule has 1 heterocycles. The maximum Gasteiger partial charge on any atom is 0.156 e. The molecule has 0 aliphatic carbocycles. The SMILES string of the molecule is SC1=C(S)C(c2ccccc2)Oc2ccccc21. The lowest BCUT2D eigenvalue weighted by atomic mass is 10.0. The second-order valence-electron chi connectivity index (χ2n) is 4.14. The monoisotopic (exact) mass is 272 g/mol. The maximum absolute atomic E-state index is 6.02. The van der Waals surface area contributed by atoms with E-state index < -0.39 is 0 Å². The average molecular weight is 272 g/mol. The van der Waals surface area contributed by atoms with Crippen LogP contribution in [0.15, 0.2) is 59.5 Å². The maximum atomic E-state index is 6.02. The number of thiol groups is 2. The molecule has 0 amide bonds. The van der Waals surface area contributed by atoms with Gasteiger partial charge in [-0.25, -0.2) is 0 Å². The summed E-state index contributed by atoms with van der Waals surface area (Å²) in [6, 6.07) is 18.0. The van der Waals surface area contributed by atoms with E-state index in [2.05, 4.69) is 25.3 Å². The smallest absolute Gasteiger partial charge is 0.156 e. The first-order valence-electron chi connectivity index (χ1n) is 5.70. The fraction of sp³-hybridized carbons (Fsp3) is 0.0667. The van der Waals surface area contributed by atoms with Gasteiger partial charge in [-0.2, -0.15) is 0 Å². The Labute approximate surface area is 117 Å². The third-order valence-corrected chi connectivity index (χ3v) is 4.10. The van der Waals surface area contributed by atoms with Crippen molar-refractivity contribution in [1.29, 1.82) is 0 Å². The minimum absolute atomic E-state index is 0.170. The Bertz CT molecular complexity index is 605. The molecule has 90 valence electrons. The van der Waals surface area contributed by atoms with Gasteiger partial charge in [0.15, 0.2) is 6.10 Å². The molecule has 0 bridgehead atoms. The molecule has 1 unspecified atom stereocenters. The third kappa shape index (κ3) is 1.93. The Hall–Kier alpha value is -1.32. The summed E-state index contributed by atoms with van der Waals surface area (Å²) in [5.74, 6) is 0.856. The summed E-state index contributed by atoms with van der Waals surface area (Å²) in [6.07, 6.45) is -0.170. The van der Waals surface area contributed by atoms with Gasteiger partial charge in [0.05, 0.1) is 0 Å². The molecule has 0 radical (unpaired) electrons. The van der Waals surface area contributed by atoms with Crippen LogP contribution in [0.2, 0.25) is 0 Å². The van der Waals surface area contributed by atoms with E-state index in [-0.39, 0.29) is 6.10 Å². The topological polar surface area (TPSA) is 9.23 Å². The van der Waals surface area contributed by atoms with Crippen molar-refractivity contribution in [3.05, 3.63) is 70.6 Å². The summed E-state index contributed by atoms with van der Waals surface area (Å²) in [5, 5.41) is 0. The Balaban J connectivity index is 2.10.